The van der Waals surface area contributed by atoms with E-state index in [9.17, 15) is 4.79 Å². The van der Waals surface area contributed by atoms with Crippen LogP contribution in [0.15, 0.2) is 31.1 Å². The van der Waals surface area contributed by atoms with Gasteiger partial charge < -0.3 is 10.6 Å². The van der Waals surface area contributed by atoms with Gasteiger partial charge in [-0.25, -0.2) is 0 Å². The highest BCUT2D eigenvalue weighted by atomic mass is 16.1. The van der Waals surface area contributed by atoms with Crippen LogP contribution < -0.4 is 10.6 Å². The predicted octanol–water partition coefficient (Wildman–Crippen LogP) is 1.58. The van der Waals surface area contributed by atoms with Gasteiger partial charge in [-0.1, -0.05) is 6.08 Å². The number of pyridine rings is 1. The lowest BCUT2D eigenvalue weighted by Gasteiger charge is -2.20. The van der Waals surface area contributed by atoms with Crippen molar-refractivity contribution in [2.24, 2.45) is 5.73 Å². The Morgan fingerprint density at radius 3 is 3.06 bits per heavy atom. The molecule has 0 aromatic carbocycles. The Hall–Kier alpha value is -1.84. The van der Waals surface area contributed by atoms with Crippen LogP contribution in [0.5, 0.6) is 0 Å². The number of nitrogens with two attached hydrogens (primary N) is 1. The average molecular weight is 219 g/mol. The van der Waals surface area contributed by atoms with Crippen molar-refractivity contribution >= 4 is 11.6 Å². The molecule has 4 nitrogen and oxygen atoms in total. The minimum atomic E-state index is -0.446. The lowest BCUT2D eigenvalue weighted by molar-refractivity contribution is 0.100. The van der Waals surface area contributed by atoms with Crippen molar-refractivity contribution < 1.29 is 4.79 Å². The summed E-state index contributed by atoms with van der Waals surface area (Å²) in [5.41, 5.74) is 6.57. The van der Waals surface area contributed by atoms with E-state index in [1.807, 2.05) is 18.0 Å². The van der Waals surface area contributed by atoms with Crippen molar-refractivity contribution in [3.63, 3.8) is 0 Å². The first kappa shape index (κ1) is 12.2. The zero-order valence-corrected chi connectivity index (χ0v) is 9.52. The van der Waals surface area contributed by atoms with Gasteiger partial charge in [0.2, 0.25) is 0 Å². The lowest BCUT2D eigenvalue weighted by Crippen LogP contribution is -2.23. The van der Waals surface area contributed by atoms with Gasteiger partial charge in [-0.15, -0.1) is 6.58 Å². The van der Waals surface area contributed by atoms with Crippen LogP contribution in [0.2, 0.25) is 0 Å². The van der Waals surface area contributed by atoms with Crippen LogP contribution in [0, 0.1) is 0 Å². The SMILES string of the molecule is C=CCCCN(C)c1ccncc1C(N)=O. The Morgan fingerprint density at radius 2 is 2.44 bits per heavy atom. The monoisotopic (exact) mass is 219 g/mol. The van der Waals surface area contributed by atoms with E-state index in [1.54, 1.807) is 12.3 Å². The first-order valence-electron chi connectivity index (χ1n) is 5.22. The lowest BCUT2D eigenvalue weighted by atomic mass is 10.2. The van der Waals surface area contributed by atoms with E-state index in [0.717, 1.165) is 25.1 Å². The van der Waals surface area contributed by atoms with Crippen LogP contribution in [0.3, 0.4) is 0 Å². The van der Waals surface area contributed by atoms with Crippen molar-refractivity contribution in [2.75, 3.05) is 18.5 Å². The number of aromatic nitrogens is 1. The summed E-state index contributed by atoms with van der Waals surface area (Å²) in [6.45, 7) is 4.53. The Kier molecular flexibility index (Phi) is 4.51. The molecule has 0 bridgehead atoms. The molecule has 2 N–H and O–H groups in total. The van der Waals surface area contributed by atoms with Crippen LogP contribution >= 0.6 is 0 Å². The summed E-state index contributed by atoms with van der Waals surface area (Å²) in [6.07, 6.45) is 7.00. The fourth-order valence-electron chi connectivity index (χ4n) is 1.50. The number of nitrogens with zero attached hydrogens (tertiary/aromatic N) is 2. The average Bonchev–Trinajstić information content (AvgIpc) is 2.29. The molecule has 0 saturated carbocycles. The highest BCUT2D eigenvalue weighted by molar-refractivity contribution is 5.98. The number of anilines is 1. The van der Waals surface area contributed by atoms with E-state index in [4.69, 9.17) is 5.73 Å². The minimum absolute atomic E-state index is 0.446. The summed E-state index contributed by atoms with van der Waals surface area (Å²) in [6, 6.07) is 1.80. The number of carbonyl (C=O) groups excluding carboxylic acids is 1. The standard InChI is InChI=1S/C12H17N3O/c1-3-4-5-8-15(2)11-6-7-14-9-10(11)12(13)16/h3,6-7,9H,1,4-5,8H2,2H3,(H2,13,16). The van der Waals surface area contributed by atoms with Crippen molar-refractivity contribution in [2.45, 2.75) is 12.8 Å². The van der Waals surface area contributed by atoms with Crippen LogP contribution in [0.1, 0.15) is 23.2 Å². The maximum atomic E-state index is 11.2. The third-order valence-corrected chi connectivity index (χ3v) is 2.38. The number of rotatable bonds is 6. The van der Waals surface area contributed by atoms with Gasteiger partial charge in [0, 0.05) is 26.0 Å². The molecule has 0 aliphatic carbocycles. The molecule has 1 heterocycles. The number of allylic oxidation sites excluding steroid dienone is 1. The number of unbranched alkanes of at least 4 members (excludes halogenated alkanes) is 1. The third-order valence-electron chi connectivity index (χ3n) is 2.38. The van der Waals surface area contributed by atoms with E-state index in [-0.39, 0.29) is 0 Å². The number of hydrogen-bond acceptors (Lipinski definition) is 3. The number of amides is 1. The summed E-state index contributed by atoms with van der Waals surface area (Å²) in [5, 5.41) is 0. The minimum Gasteiger partial charge on any atom is -0.374 e. The Morgan fingerprint density at radius 1 is 1.69 bits per heavy atom. The fraction of sp³-hybridized carbons (Fsp3) is 0.333. The summed E-state index contributed by atoms with van der Waals surface area (Å²) >= 11 is 0. The third kappa shape index (κ3) is 3.08. The fourth-order valence-corrected chi connectivity index (χ4v) is 1.50. The van der Waals surface area contributed by atoms with E-state index in [0.29, 0.717) is 5.56 Å². The normalized spacial score (nSPS) is 9.81. The Balaban J connectivity index is 2.77. The van der Waals surface area contributed by atoms with Crippen LogP contribution in [-0.4, -0.2) is 24.5 Å². The maximum absolute atomic E-state index is 11.2. The van der Waals surface area contributed by atoms with Gasteiger partial charge in [0.25, 0.3) is 5.91 Å². The summed E-state index contributed by atoms with van der Waals surface area (Å²) in [7, 11) is 1.94. The molecule has 1 aromatic heterocycles. The van der Waals surface area contributed by atoms with Gasteiger partial charge in [0.1, 0.15) is 0 Å². The van der Waals surface area contributed by atoms with Crippen LogP contribution in [0.25, 0.3) is 0 Å². The largest absolute Gasteiger partial charge is 0.374 e. The number of hydrogen-bond donors (Lipinski definition) is 1. The highest BCUT2D eigenvalue weighted by Crippen LogP contribution is 2.17. The van der Waals surface area contributed by atoms with E-state index in [2.05, 4.69) is 11.6 Å². The molecule has 0 unspecified atom stereocenters. The molecule has 0 saturated heterocycles. The van der Waals surface area contributed by atoms with Gasteiger partial charge in [-0.3, -0.25) is 9.78 Å². The molecule has 1 rings (SSSR count). The number of primary amides is 1. The smallest absolute Gasteiger partial charge is 0.252 e. The van der Waals surface area contributed by atoms with Gasteiger partial charge in [0.15, 0.2) is 0 Å². The summed E-state index contributed by atoms with van der Waals surface area (Å²) in [5.74, 6) is -0.446. The molecule has 0 fully saturated rings. The first-order chi connectivity index (χ1) is 7.66. The summed E-state index contributed by atoms with van der Waals surface area (Å²) in [4.78, 5) is 17.1. The van der Waals surface area contributed by atoms with Crippen molar-refractivity contribution in [1.82, 2.24) is 4.98 Å². The van der Waals surface area contributed by atoms with Crippen LogP contribution in [0.4, 0.5) is 5.69 Å². The molecule has 0 spiro atoms. The Bertz CT molecular complexity index is 376. The first-order valence-corrected chi connectivity index (χ1v) is 5.22. The molecule has 0 aliphatic rings. The molecule has 1 aromatic rings. The molecule has 0 atom stereocenters. The molecule has 16 heavy (non-hydrogen) atoms. The predicted molar refractivity (Wildman–Crippen MR) is 65.5 cm³/mol. The quantitative estimate of drug-likeness (QED) is 0.583. The molecule has 1 amide bonds. The second-order valence-electron chi connectivity index (χ2n) is 3.61. The van der Waals surface area contributed by atoms with Gasteiger partial charge in [-0.05, 0) is 18.9 Å². The second kappa shape index (κ2) is 5.90. The molecule has 86 valence electrons. The maximum Gasteiger partial charge on any atom is 0.252 e. The Labute approximate surface area is 95.8 Å². The van der Waals surface area contributed by atoms with Gasteiger partial charge in [0.05, 0.1) is 11.3 Å². The molecular weight excluding hydrogens is 202 g/mol. The van der Waals surface area contributed by atoms with Crippen molar-refractivity contribution in [3.05, 3.63) is 36.7 Å². The molecule has 4 heteroatoms. The summed E-state index contributed by atoms with van der Waals surface area (Å²) < 4.78 is 0. The van der Waals surface area contributed by atoms with E-state index < -0.39 is 5.91 Å². The second-order valence-corrected chi connectivity index (χ2v) is 3.61. The van der Waals surface area contributed by atoms with Gasteiger partial charge in [-0.2, -0.15) is 0 Å². The van der Waals surface area contributed by atoms with E-state index in [1.165, 1.54) is 6.20 Å². The highest BCUT2D eigenvalue weighted by Gasteiger charge is 2.10. The molecule has 0 aliphatic heterocycles. The molecular formula is C12H17N3O. The van der Waals surface area contributed by atoms with Gasteiger partial charge >= 0.3 is 0 Å². The zero-order chi connectivity index (χ0) is 12.0. The van der Waals surface area contributed by atoms with Crippen molar-refractivity contribution in [1.29, 1.82) is 0 Å². The van der Waals surface area contributed by atoms with Crippen molar-refractivity contribution in [3.8, 4) is 0 Å². The molecule has 0 radical (unpaired) electrons. The van der Waals surface area contributed by atoms with Crippen LogP contribution in [-0.2, 0) is 0 Å². The number of carbonyl (C=O) groups is 1. The van der Waals surface area contributed by atoms with E-state index >= 15 is 0 Å². The topological polar surface area (TPSA) is 59.2 Å². The zero-order valence-electron chi connectivity index (χ0n) is 9.52.